The Kier molecular flexibility index (Phi) is 7.21. The van der Waals surface area contributed by atoms with Crippen molar-refractivity contribution in [1.29, 1.82) is 0 Å². The Balaban J connectivity index is 2.21. The summed E-state index contributed by atoms with van der Waals surface area (Å²) in [7, 11) is 1.78. The van der Waals surface area contributed by atoms with Crippen molar-refractivity contribution in [2.24, 2.45) is 5.92 Å². The summed E-state index contributed by atoms with van der Waals surface area (Å²) >= 11 is 0. The van der Waals surface area contributed by atoms with E-state index < -0.39 is 0 Å². The van der Waals surface area contributed by atoms with Crippen LogP contribution < -0.4 is 10.6 Å². The minimum atomic E-state index is 0.0640. The van der Waals surface area contributed by atoms with Crippen LogP contribution in [-0.2, 0) is 9.53 Å². The Morgan fingerprint density at radius 3 is 2.71 bits per heavy atom. The first-order valence-corrected chi connectivity index (χ1v) is 6.80. The van der Waals surface area contributed by atoms with Crippen LogP contribution in [0.15, 0.2) is 0 Å². The molecule has 1 unspecified atom stereocenters. The van der Waals surface area contributed by atoms with E-state index in [1.165, 1.54) is 25.7 Å². The van der Waals surface area contributed by atoms with Crippen LogP contribution in [0.5, 0.6) is 0 Å². The third-order valence-electron chi connectivity index (χ3n) is 3.39. The molecular weight excluding hydrogens is 216 g/mol. The molecule has 0 radical (unpaired) electrons. The van der Waals surface area contributed by atoms with Gasteiger partial charge in [0, 0.05) is 13.2 Å². The molecule has 1 atom stereocenters. The highest BCUT2D eigenvalue weighted by atomic mass is 16.5. The molecule has 1 amide bonds. The van der Waals surface area contributed by atoms with Crippen LogP contribution >= 0.6 is 0 Å². The summed E-state index contributed by atoms with van der Waals surface area (Å²) < 4.78 is 5.80. The van der Waals surface area contributed by atoms with Gasteiger partial charge in [-0.25, -0.2) is 0 Å². The van der Waals surface area contributed by atoms with Gasteiger partial charge >= 0.3 is 0 Å². The standard InChI is InChI=1S/C13H26N2O2/c1-3-17-12(11-6-4-5-7-11)8-9-15-13(16)10-14-2/h11-12,14H,3-10H2,1-2H3,(H,15,16). The van der Waals surface area contributed by atoms with E-state index in [-0.39, 0.29) is 5.91 Å². The lowest BCUT2D eigenvalue weighted by Crippen LogP contribution is -2.35. The van der Waals surface area contributed by atoms with E-state index >= 15 is 0 Å². The zero-order valence-corrected chi connectivity index (χ0v) is 11.1. The molecule has 0 saturated heterocycles. The van der Waals surface area contributed by atoms with E-state index in [1.54, 1.807) is 7.05 Å². The lowest BCUT2D eigenvalue weighted by molar-refractivity contribution is -0.120. The molecule has 0 aromatic carbocycles. The molecule has 0 aromatic heterocycles. The molecule has 4 heteroatoms. The SMILES string of the molecule is CCOC(CCNC(=O)CNC)C1CCCC1. The molecule has 1 aliphatic rings. The molecule has 4 nitrogen and oxygen atoms in total. The van der Waals surface area contributed by atoms with E-state index in [9.17, 15) is 4.79 Å². The van der Waals surface area contributed by atoms with Crippen molar-refractivity contribution in [3.63, 3.8) is 0 Å². The molecule has 1 aliphatic carbocycles. The number of carbonyl (C=O) groups excluding carboxylic acids is 1. The number of ether oxygens (including phenoxy) is 1. The van der Waals surface area contributed by atoms with Crippen LogP contribution in [0.2, 0.25) is 0 Å². The molecule has 2 N–H and O–H groups in total. The smallest absolute Gasteiger partial charge is 0.233 e. The highest BCUT2D eigenvalue weighted by Crippen LogP contribution is 2.30. The second kappa shape index (κ2) is 8.48. The molecule has 17 heavy (non-hydrogen) atoms. The zero-order valence-electron chi connectivity index (χ0n) is 11.1. The van der Waals surface area contributed by atoms with Gasteiger partial charge in [0.1, 0.15) is 0 Å². The molecule has 0 bridgehead atoms. The van der Waals surface area contributed by atoms with Gasteiger partial charge in [0.2, 0.25) is 5.91 Å². The Bertz CT molecular complexity index is 215. The van der Waals surface area contributed by atoms with Gasteiger partial charge in [0.25, 0.3) is 0 Å². The van der Waals surface area contributed by atoms with Gasteiger partial charge < -0.3 is 15.4 Å². The van der Waals surface area contributed by atoms with Crippen LogP contribution in [0, 0.1) is 5.92 Å². The number of carbonyl (C=O) groups is 1. The maximum atomic E-state index is 11.3. The quantitative estimate of drug-likeness (QED) is 0.674. The summed E-state index contributed by atoms with van der Waals surface area (Å²) in [5, 5.41) is 5.76. The first-order valence-electron chi connectivity index (χ1n) is 6.80. The van der Waals surface area contributed by atoms with E-state index in [4.69, 9.17) is 4.74 Å². The number of likely N-dealkylation sites (N-methyl/N-ethyl adjacent to an activating group) is 1. The van der Waals surface area contributed by atoms with Crippen molar-refractivity contribution < 1.29 is 9.53 Å². The molecule has 0 heterocycles. The van der Waals surface area contributed by atoms with Crippen LogP contribution in [0.4, 0.5) is 0 Å². The average molecular weight is 242 g/mol. The van der Waals surface area contributed by atoms with Crippen molar-refractivity contribution in [2.45, 2.75) is 45.1 Å². The van der Waals surface area contributed by atoms with Gasteiger partial charge in [-0.2, -0.15) is 0 Å². The molecule has 0 aromatic rings. The monoisotopic (exact) mass is 242 g/mol. The van der Waals surface area contributed by atoms with Gasteiger partial charge in [-0.05, 0) is 39.2 Å². The van der Waals surface area contributed by atoms with Crippen molar-refractivity contribution in [1.82, 2.24) is 10.6 Å². The Labute approximate surface area is 104 Å². The molecule has 1 rings (SSSR count). The summed E-state index contributed by atoms with van der Waals surface area (Å²) in [6, 6.07) is 0. The highest BCUT2D eigenvalue weighted by molar-refractivity contribution is 5.77. The Hall–Kier alpha value is -0.610. The molecular formula is C13H26N2O2. The number of amides is 1. The van der Waals surface area contributed by atoms with Crippen molar-refractivity contribution in [2.75, 3.05) is 26.7 Å². The predicted molar refractivity (Wildman–Crippen MR) is 68.9 cm³/mol. The van der Waals surface area contributed by atoms with Crippen LogP contribution in [0.25, 0.3) is 0 Å². The number of nitrogens with one attached hydrogen (secondary N) is 2. The van der Waals surface area contributed by atoms with E-state index in [1.807, 2.05) is 6.92 Å². The second-order valence-corrected chi connectivity index (χ2v) is 4.71. The molecule has 0 aliphatic heterocycles. The lowest BCUT2D eigenvalue weighted by Gasteiger charge is -2.23. The van der Waals surface area contributed by atoms with Crippen molar-refractivity contribution in [3.05, 3.63) is 0 Å². The van der Waals surface area contributed by atoms with Crippen LogP contribution in [0.1, 0.15) is 39.0 Å². The maximum Gasteiger partial charge on any atom is 0.233 e. The Morgan fingerprint density at radius 1 is 1.41 bits per heavy atom. The fourth-order valence-electron chi connectivity index (χ4n) is 2.58. The largest absolute Gasteiger partial charge is 0.378 e. The van der Waals surface area contributed by atoms with Gasteiger partial charge in [-0.15, -0.1) is 0 Å². The summed E-state index contributed by atoms with van der Waals surface area (Å²) in [5.41, 5.74) is 0. The molecule has 1 saturated carbocycles. The minimum absolute atomic E-state index is 0.0640. The van der Waals surface area contributed by atoms with Gasteiger partial charge in [-0.3, -0.25) is 4.79 Å². The number of hydrogen-bond acceptors (Lipinski definition) is 3. The van der Waals surface area contributed by atoms with E-state index in [2.05, 4.69) is 10.6 Å². The molecule has 1 fully saturated rings. The number of hydrogen-bond donors (Lipinski definition) is 2. The Morgan fingerprint density at radius 2 is 2.12 bits per heavy atom. The molecule has 100 valence electrons. The van der Waals surface area contributed by atoms with Crippen LogP contribution in [0.3, 0.4) is 0 Å². The normalized spacial score (nSPS) is 18.2. The van der Waals surface area contributed by atoms with Gasteiger partial charge in [0.05, 0.1) is 12.6 Å². The topological polar surface area (TPSA) is 50.4 Å². The third-order valence-corrected chi connectivity index (χ3v) is 3.39. The fraction of sp³-hybridized carbons (Fsp3) is 0.923. The summed E-state index contributed by atoms with van der Waals surface area (Å²) in [6.07, 6.45) is 6.51. The van der Waals surface area contributed by atoms with E-state index in [0.717, 1.165) is 19.6 Å². The van der Waals surface area contributed by atoms with Crippen molar-refractivity contribution in [3.8, 4) is 0 Å². The minimum Gasteiger partial charge on any atom is -0.378 e. The van der Waals surface area contributed by atoms with Crippen molar-refractivity contribution >= 4 is 5.91 Å². The van der Waals surface area contributed by atoms with Gasteiger partial charge in [0.15, 0.2) is 0 Å². The average Bonchev–Trinajstić information content (AvgIpc) is 2.81. The zero-order chi connectivity index (χ0) is 12.5. The fourth-order valence-corrected chi connectivity index (χ4v) is 2.58. The summed E-state index contributed by atoms with van der Waals surface area (Å²) in [5.74, 6) is 0.769. The molecule has 0 spiro atoms. The highest BCUT2D eigenvalue weighted by Gasteiger charge is 2.24. The van der Waals surface area contributed by atoms with E-state index in [0.29, 0.717) is 18.6 Å². The van der Waals surface area contributed by atoms with Crippen LogP contribution in [-0.4, -0.2) is 38.8 Å². The third kappa shape index (κ3) is 5.50. The summed E-state index contributed by atoms with van der Waals surface area (Å²) in [6.45, 7) is 3.93. The second-order valence-electron chi connectivity index (χ2n) is 4.71. The van der Waals surface area contributed by atoms with Gasteiger partial charge in [-0.1, -0.05) is 12.8 Å². The summed E-state index contributed by atoms with van der Waals surface area (Å²) in [4.78, 5) is 11.3. The predicted octanol–water partition coefficient (Wildman–Crippen LogP) is 1.31. The maximum absolute atomic E-state index is 11.3. The first kappa shape index (κ1) is 14.5. The number of rotatable bonds is 8. The lowest BCUT2D eigenvalue weighted by atomic mass is 9.98. The first-order chi connectivity index (χ1) is 8.27.